The molecular weight excluding hydrogens is 338 g/mol. The first-order valence-electron chi connectivity index (χ1n) is 8.21. The average Bonchev–Trinajstić information content (AvgIpc) is 2.94. The highest BCUT2D eigenvalue weighted by atomic mass is 32.2. The van der Waals surface area contributed by atoms with Gasteiger partial charge in [-0.1, -0.05) is 50.7 Å². The summed E-state index contributed by atoms with van der Waals surface area (Å²) < 4.78 is 7.08. The Hall–Kier alpha value is -2.22. The molecule has 0 aliphatic carbocycles. The van der Waals surface area contributed by atoms with Crippen LogP contribution in [0, 0.1) is 0 Å². The number of thioether (sulfide) groups is 1. The monoisotopic (exact) mass is 361 g/mol. The Labute approximate surface area is 151 Å². The number of rotatable bonds is 4. The van der Waals surface area contributed by atoms with Crippen LogP contribution in [0.5, 0.6) is 5.75 Å². The van der Waals surface area contributed by atoms with Gasteiger partial charge in [-0.05, 0) is 6.07 Å². The van der Waals surface area contributed by atoms with E-state index in [2.05, 4.69) is 15.5 Å². The zero-order chi connectivity index (χ0) is 18.0. The van der Waals surface area contributed by atoms with Crippen molar-refractivity contribution in [2.75, 3.05) is 18.2 Å². The lowest BCUT2D eigenvalue weighted by molar-refractivity contribution is -0.119. The molecule has 1 amide bonds. The summed E-state index contributed by atoms with van der Waals surface area (Å²) in [6.07, 6.45) is 0.759. The van der Waals surface area contributed by atoms with Gasteiger partial charge in [0, 0.05) is 17.4 Å². The Kier molecular flexibility index (Phi) is 4.89. The summed E-state index contributed by atoms with van der Waals surface area (Å²) in [4.78, 5) is 12.3. The van der Waals surface area contributed by atoms with Gasteiger partial charge < -0.3 is 15.9 Å². The van der Waals surface area contributed by atoms with Crippen LogP contribution in [0.3, 0.4) is 0 Å². The number of nitrogens with two attached hydrogens (primary N) is 1. The number of carbonyl (C=O) groups is 1. The van der Waals surface area contributed by atoms with Crippen molar-refractivity contribution in [3.05, 3.63) is 35.7 Å². The predicted octanol–water partition coefficient (Wildman–Crippen LogP) is 2.02. The van der Waals surface area contributed by atoms with Crippen molar-refractivity contribution < 1.29 is 9.53 Å². The molecular formula is C17H23N5O2S. The van der Waals surface area contributed by atoms with Crippen LogP contribution < -0.4 is 15.9 Å². The van der Waals surface area contributed by atoms with Gasteiger partial charge in [-0.25, -0.2) is 4.68 Å². The van der Waals surface area contributed by atoms with Crippen molar-refractivity contribution in [1.82, 2.24) is 20.2 Å². The number of hydrogen-bond acceptors (Lipinski definition) is 6. The predicted molar refractivity (Wildman–Crippen MR) is 97.0 cm³/mol. The number of carbonyl (C=O) groups excluding carboxylic acids is 1. The highest BCUT2D eigenvalue weighted by molar-refractivity contribution is 7.99. The van der Waals surface area contributed by atoms with Crippen LogP contribution >= 0.6 is 11.8 Å². The second kappa shape index (κ2) is 6.95. The van der Waals surface area contributed by atoms with Crippen LogP contribution in [-0.2, 0) is 10.2 Å². The number of aromatic nitrogens is 3. The molecule has 0 spiro atoms. The first kappa shape index (κ1) is 17.6. The van der Waals surface area contributed by atoms with Gasteiger partial charge in [-0.15, -0.1) is 10.2 Å². The van der Waals surface area contributed by atoms with Crippen molar-refractivity contribution in [2.45, 2.75) is 43.8 Å². The van der Waals surface area contributed by atoms with E-state index in [4.69, 9.17) is 10.6 Å². The van der Waals surface area contributed by atoms with Crippen molar-refractivity contribution in [3.63, 3.8) is 0 Å². The molecule has 2 heterocycles. The number of para-hydroxylation sites is 1. The Morgan fingerprint density at radius 2 is 2.16 bits per heavy atom. The Bertz CT molecular complexity index is 769. The highest BCUT2D eigenvalue weighted by Gasteiger charge is 2.25. The molecule has 1 aromatic heterocycles. The number of nitrogen functional groups attached to an aromatic ring is 1. The molecule has 0 saturated heterocycles. The number of amides is 1. The van der Waals surface area contributed by atoms with Crippen molar-refractivity contribution in [3.8, 4) is 5.75 Å². The fourth-order valence-electron chi connectivity index (χ4n) is 2.74. The van der Waals surface area contributed by atoms with Gasteiger partial charge in [0.25, 0.3) is 0 Å². The standard InChI is InChI=1S/C17H23N5O2S/c1-17(2,3)15-20-21-16(22(15)18)25-10-14(23)19-12-8-9-24-13-7-5-4-6-11(12)13/h4-7,12H,8-10,18H2,1-3H3,(H,19,23). The maximum absolute atomic E-state index is 12.3. The summed E-state index contributed by atoms with van der Waals surface area (Å²) in [6.45, 7) is 6.65. The summed E-state index contributed by atoms with van der Waals surface area (Å²) in [5.41, 5.74) is 0.818. The molecule has 1 aliphatic heterocycles. The molecule has 7 nitrogen and oxygen atoms in total. The van der Waals surface area contributed by atoms with Crippen LogP contribution in [0.2, 0.25) is 0 Å². The third-order valence-electron chi connectivity index (χ3n) is 3.96. The van der Waals surface area contributed by atoms with Gasteiger partial charge >= 0.3 is 0 Å². The summed E-state index contributed by atoms with van der Waals surface area (Å²) >= 11 is 1.28. The van der Waals surface area contributed by atoms with E-state index in [9.17, 15) is 4.79 Å². The molecule has 25 heavy (non-hydrogen) atoms. The number of nitrogens with one attached hydrogen (secondary N) is 1. The molecule has 2 aromatic rings. The van der Waals surface area contributed by atoms with Crippen LogP contribution in [0.4, 0.5) is 0 Å². The normalized spacial score (nSPS) is 16.8. The van der Waals surface area contributed by atoms with Crippen molar-refractivity contribution >= 4 is 17.7 Å². The lowest BCUT2D eigenvalue weighted by Gasteiger charge is -2.26. The highest BCUT2D eigenvalue weighted by Crippen LogP contribution is 2.31. The van der Waals surface area contributed by atoms with Gasteiger partial charge in [0.15, 0.2) is 5.82 Å². The molecule has 3 rings (SSSR count). The van der Waals surface area contributed by atoms with Crippen LogP contribution in [0.1, 0.15) is 44.6 Å². The molecule has 3 N–H and O–H groups in total. The van der Waals surface area contributed by atoms with E-state index >= 15 is 0 Å². The lowest BCUT2D eigenvalue weighted by atomic mass is 9.96. The number of hydrogen-bond donors (Lipinski definition) is 2. The molecule has 1 aliphatic rings. The number of ether oxygens (including phenoxy) is 1. The molecule has 1 aromatic carbocycles. The van der Waals surface area contributed by atoms with E-state index in [-0.39, 0.29) is 23.1 Å². The van der Waals surface area contributed by atoms with E-state index < -0.39 is 0 Å². The number of fused-ring (bicyclic) bond motifs is 1. The summed E-state index contributed by atoms with van der Waals surface area (Å²) in [5, 5.41) is 11.8. The van der Waals surface area contributed by atoms with Gasteiger partial charge in [0.1, 0.15) is 5.75 Å². The van der Waals surface area contributed by atoms with Gasteiger partial charge in [0.2, 0.25) is 11.1 Å². The minimum absolute atomic E-state index is 0.0288. The molecule has 0 bridgehead atoms. The number of benzene rings is 1. The zero-order valence-corrected chi connectivity index (χ0v) is 15.5. The van der Waals surface area contributed by atoms with Crippen LogP contribution in [0.15, 0.2) is 29.4 Å². The van der Waals surface area contributed by atoms with Crippen LogP contribution in [0.25, 0.3) is 0 Å². The zero-order valence-electron chi connectivity index (χ0n) is 14.7. The Morgan fingerprint density at radius 3 is 2.88 bits per heavy atom. The maximum Gasteiger partial charge on any atom is 0.230 e. The van der Waals surface area contributed by atoms with E-state index in [1.165, 1.54) is 16.4 Å². The van der Waals surface area contributed by atoms with E-state index in [1.807, 2.05) is 45.0 Å². The van der Waals surface area contributed by atoms with Gasteiger partial charge in [-0.2, -0.15) is 0 Å². The van der Waals surface area contributed by atoms with E-state index in [0.29, 0.717) is 17.6 Å². The molecule has 0 fully saturated rings. The SMILES string of the molecule is CC(C)(C)c1nnc(SCC(=O)NC2CCOc3ccccc32)n1N. The van der Waals surface area contributed by atoms with Crippen LogP contribution in [-0.4, -0.2) is 33.1 Å². The van der Waals surface area contributed by atoms with Crippen molar-refractivity contribution in [1.29, 1.82) is 0 Å². The fourth-order valence-corrected chi connectivity index (χ4v) is 3.41. The first-order chi connectivity index (χ1) is 11.9. The van der Waals surface area contributed by atoms with E-state index in [1.54, 1.807) is 0 Å². The first-order valence-corrected chi connectivity index (χ1v) is 9.19. The largest absolute Gasteiger partial charge is 0.493 e. The smallest absolute Gasteiger partial charge is 0.230 e. The molecule has 0 saturated carbocycles. The lowest BCUT2D eigenvalue weighted by Crippen LogP contribution is -2.33. The Morgan fingerprint density at radius 1 is 1.40 bits per heavy atom. The Balaban J connectivity index is 1.61. The molecule has 1 atom stereocenters. The maximum atomic E-state index is 12.3. The molecule has 0 radical (unpaired) electrons. The summed E-state index contributed by atoms with van der Waals surface area (Å²) in [7, 11) is 0. The summed E-state index contributed by atoms with van der Waals surface area (Å²) in [5.74, 6) is 7.74. The quantitative estimate of drug-likeness (QED) is 0.639. The third-order valence-corrected chi connectivity index (χ3v) is 4.90. The topological polar surface area (TPSA) is 95.1 Å². The molecule has 8 heteroatoms. The average molecular weight is 361 g/mol. The molecule has 1 unspecified atom stereocenters. The number of nitrogens with zero attached hydrogens (tertiary/aromatic N) is 3. The minimum Gasteiger partial charge on any atom is -0.493 e. The molecule has 134 valence electrons. The second-order valence-corrected chi connectivity index (χ2v) is 7.95. The third kappa shape index (κ3) is 3.89. The summed E-state index contributed by atoms with van der Waals surface area (Å²) in [6, 6.07) is 7.76. The second-order valence-electron chi connectivity index (χ2n) is 7.01. The van der Waals surface area contributed by atoms with Gasteiger partial charge in [-0.3, -0.25) is 4.79 Å². The fraction of sp³-hybridized carbons (Fsp3) is 0.471. The van der Waals surface area contributed by atoms with E-state index in [0.717, 1.165) is 17.7 Å². The van der Waals surface area contributed by atoms with Crippen molar-refractivity contribution in [2.24, 2.45) is 0 Å². The minimum atomic E-state index is -0.200. The van der Waals surface area contributed by atoms with Gasteiger partial charge in [0.05, 0.1) is 18.4 Å².